The van der Waals surface area contributed by atoms with Crippen LogP contribution in [0.15, 0.2) is 58.1 Å². The summed E-state index contributed by atoms with van der Waals surface area (Å²) in [6, 6.07) is 10.0. The molecule has 0 saturated carbocycles. The second-order valence-electron chi connectivity index (χ2n) is 8.38. The Hall–Kier alpha value is -4.15. The quantitative estimate of drug-likeness (QED) is 0.483. The van der Waals surface area contributed by atoms with Crippen LogP contribution in [0.1, 0.15) is 35.8 Å². The Morgan fingerprint density at radius 1 is 1.03 bits per heavy atom. The van der Waals surface area contributed by atoms with E-state index in [2.05, 4.69) is 5.10 Å². The van der Waals surface area contributed by atoms with Crippen molar-refractivity contribution in [1.82, 2.24) is 19.2 Å². The van der Waals surface area contributed by atoms with Crippen LogP contribution in [-0.4, -0.2) is 50.8 Å². The van der Waals surface area contributed by atoms with E-state index in [-0.39, 0.29) is 25.4 Å². The lowest BCUT2D eigenvalue weighted by Gasteiger charge is -2.31. The largest absolute Gasteiger partial charge is 0.466 e. The molecule has 0 spiro atoms. The van der Waals surface area contributed by atoms with Crippen molar-refractivity contribution in [2.75, 3.05) is 19.7 Å². The molecule has 0 unspecified atom stereocenters. The van der Waals surface area contributed by atoms with E-state index in [0.717, 1.165) is 21.4 Å². The van der Waals surface area contributed by atoms with Crippen molar-refractivity contribution >= 4 is 11.9 Å². The SMILES string of the molecule is CCOC(=O)[C@H]1CCCN(C(=O)c2nn(-c3ccc(F)cc3)c(=O)n(Cc3ccc(F)cc3)c2=O)C1. The molecule has 0 radical (unpaired) electrons. The van der Waals surface area contributed by atoms with Gasteiger partial charge in [0.2, 0.25) is 5.69 Å². The van der Waals surface area contributed by atoms with Crippen molar-refractivity contribution in [3.63, 3.8) is 0 Å². The summed E-state index contributed by atoms with van der Waals surface area (Å²) in [6.45, 7) is 2.00. The van der Waals surface area contributed by atoms with E-state index in [1.807, 2.05) is 0 Å². The van der Waals surface area contributed by atoms with Crippen molar-refractivity contribution < 1.29 is 23.1 Å². The first kappa shape index (κ1) is 25.0. The van der Waals surface area contributed by atoms with Crippen LogP contribution in [0.3, 0.4) is 0 Å². The molecule has 0 N–H and O–H groups in total. The van der Waals surface area contributed by atoms with Gasteiger partial charge in [-0.2, -0.15) is 9.78 Å². The number of hydrogen-bond acceptors (Lipinski definition) is 6. The van der Waals surface area contributed by atoms with E-state index in [1.54, 1.807) is 6.92 Å². The summed E-state index contributed by atoms with van der Waals surface area (Å²) in [4.78, 5) is 53.5. The van der Waals surface area contributed by atoms with Crippen molar-refractivity contribution in [2.24, 2.45) is 5.92 Å². The first-order chi connectivity index (χ1) is 17.3. The summed E-state index contributed by atoms with van der Waals surface area (Å²) in [7, 11) is 0. The third-order valence-corrected chi connectivity index (χ3v) is 5.92. The molecule has 2 heterocycles. The molecule has 1 aliphatic heterocycles. The van der Waals surface area contributed by atoms with Crippen molar-refractivity contribution in [3.05, 3.63) is 92.3 Å². The fourth-order valence-electron chi connectivity index (χ4n) is 4.08. The van der Waals surface area contributed by atoms with Crippen LogP contribution in [0, 0.1) is 17.6 Å². The lowest BCUT2D eigenvalue weighted by molar-refractivity contribution is -0.149. The third-order valence-electron chi connectivity index (χ3n) is 5.92. The molecule has 4 rings (SSSR count). The molecule has 36 heavy (non-hydrogen) atoms. The summed E-state index contributed by atoms with van der Waals surface area (Å²) in [5.41, 5.74) is -1.70. The van der Waals surface area contributed by atoms with Gasteiger partial charge in [0.1, 0.15) is 11.6 Å². The summed E-state index contributed by atoms with van der Waals surface area (Å²) in [5.74, 6) is -2.72. The monoisotopic (exact) mass is 498 g/mol. The van der Waals surface area contributed by atoms with Crippen molar-refractivity contribution in [1.29, 1.82) is 0 Å². The number of ether oxygens (including phenoxy) is 1. The Bertz CT molecular complexity index is 1380. The zero-order chi connectivity index (χ0) is 25.8. The molecular weight excluding hydrogens is 474 g/mol. The smallest absolute Gasteiger partial charge is 0.352 e. The maximum absolute atomic E-state index is 13.5. The van der Waals surface area contributed by atoms with Gasteiger partial charge in [-0.3, -0.25) is 19.0 Å². The summed E-state index contributed by atoms with van der Waals surface area (Å²) in [5, 5.41) is 4.05. The first-order valence-electron chi connectivity index (χ1n) is 11.5. The number of esters is 1. The predicted octanol–water partition coefficient (Wildman–Crippen LogP) is 2.14. The summed E-state index contributed by atoms with van der Waals surface area (Å²) in [6.07, 6.45) is 1.07. The molecule has 3 aromatic rings. The summed E-state index contributed by atoms with van der Waals surface area (Å²) >= 11 is 0. The molecule has 2 aromatic carbocycles. The van der Waals surface area contributed by atoms with Crippen molar-refractivity contribution in [3.8, 4) is 5.69 Å². The lowest BCUT2D eigenvalue weighted by atomic mass is 9.98. The average Bonchev–Trinajstić information content (AvgIpc) is 2.88. The minimum absolute atomic E-state index is 0.0480. The molecule has 1 amide bonds. The number of carbonyl (C=O) groups is 2. The zero-order valence-electron chi connectivity index (χ0n) is 19.5. The maximum atomic E-state index is 13.5. The molecule has 1 aromatic heterocycles. The van der Waals surface area contributed by atoms with E-state index >= 15 is 0 Å². The molecule has 0 aliphatic carbocycles. The number of carbonyl (C=O) groups excluding carboxylic acids is 2. The molecule has 1 fully saturated rings. The van der Waals surface area contributed by atoms with E-state index in [1.165, 1.54) is 41.3 Å². The van der Waals surface area contributed by atoms with Gasteiger partial charge in [0, 0.05) is 13.1 Å². The fraction of sp³-hybridized carbons (Fsp3) is 0.320. The van der Waals surface area contributed by atoms with Crippen molar-refractivity contribution in [2.45, 2.75) is 26.3 Å². The van der Waals surface area contributed by atoms with Crippen LogP contribution in [0.2, 0.25) is 0 Å². The first-order valence-corrected chi connectivity index (χ1v) is 11.5. The van der Waals surface area contributed by atoms with E-state index in [4.69, 9.17) is 4.74 Å². The van der Waals surface area contributed by atoms with Crippen LogP contribution in [-0.2, 0) is 16.1 Å². The average molecular weight is 498 g/mol. The van der Waals surface area contributed by atoms with Crippen LogP contribution in [0.4, 0.5) is 8.78 Å². The van der Waals surface area contributed by atoms with Gasteiger partial charge in [-0.1, -0.05) is 12.1 Å². The highest BCUT2D eigenvalue weighted by Crippen LogP contribution is 2.19. The van der Waals surface area contributed by atoms with E-state index in [0.29, 0.717) is 24.9 Å². The number of rotatable bonds is 6. The van der Waals surface area contributed by atoms with Gasteiger partial charge < -0.3 is 9.64 Å². The molecule has 188 valence electrons. The number of amides is 1. The van der Waals surface area contributed by atoms with Gasteiger partial charge in [0.25, 0.3) is 11.5 Å². The zero-order valence-corrected chi connectivity index (χ0v) is 19.5. The molecule has 1 atom stereocenters. The number of likely N-dealkylation sites (tertiary alicyclic amines) is 1. The van der Waals surface area contributed by atoms with Gasteiger partial charge in [-0.15, -0.1) is 0 Å². The second kappa shape index (κ2) is 10.6. The highest BCUT2D eigenvalue weighted by atomic mass is 19.1. The number of piperidine rings is 1. The van der Waals surface area contributed by atoms with Crippen LogP contribution in [0.5, 0.6) is 0 Å². The highest BCUT2D eigenvalue weighted by molar-refractivity contribution is 5.92. The molecule has 0 bridgehead atoms. The lowest BCUT2D eigenvalue weighted by Crippen LogP contribution is -2.49. The number of hydrogen-bond donors (Lipinski definition) is 0. The predicted molar refractivity (Wildman–Crippen MR) is 125 cm³/mol. The number of benzene rings is 2. The second-order valence-corrected chi connectivity index (χ2v) is 8.38. The van der Waals surface area contributed by atoms with Gasteiger partial charge in [-0.05, 0) is 61.7 Å². The number of halogens is 2. The number of nitrogens with zero attached hydrogens (tertiary/aromatic N) is 4. The van der Waals surface area contributed by atoms with Gasteiger partial charge >= 0.3 is 11.7 Å². The van der Waals surface area contributed by atoms with Crippen LogP contribution >= 0.6 is 0 Å². The molecule has 1 aliphatic rings. The van der Waals surface area contributed by atoms with E-state index < -0.39 is 46.4 Å². The Labute approximate surface area is 204 Å². The van der Waals surface area contributed by atoms with Gasteiger partial charge in [0.15, 0.2) is 0 Å². The Balaban J connectivity index is 1.78. The van der Waals surface area contributed by atoms with E-state index in [9.17, 15) is 28.0 Å². The van der Waals surface area contributed by atoms with Gasteiger partial charge in [-0.25, -0.2) is 13.6 Å². The maximum Gasteiger partial charge on any atom is 0.352 e. The number of aromatic nitrogens is 3. The minimum atomic E-state index is -0.925. The Kier molecular flexibility index (Phi) is 7.37. The third kappa shape index (κ3) is 5.24. The minimum Gasteiger partial charge on any atom is -0.466 e. The summed E-state index contributed by atoms with van der Waals surface area (Å²) < 4.78 is 33.6. The topological polar surface area (TPSA) is 104 Å². The molecular formula is C25H24F2N4O5. The Morgan fingerprint density at radius 3 is 2.31 bits per heavy atom. The molecule has 11 heteroatoms. The normalized spacial score (nSPS) is 15.5. The Morgan fingerprint density at radius 2 is 1.67 bits per heavy atom. The molecule has 1 saturated heterocycles. The fourth-order valence-corrected chi connectivity index (χ4v) is 4.08. The van der Waals surface area contributed by atoms with Gasteiger partial charge in [0.05, 0.1) is 24.8 Å². The van der Waals surface area contributed by atoms with Crippen LogP contribution < -0.4 is 11.2 Å². The van der Waals surface area contributed by atoms with Crippen LogP contribution in [0.25, 0.3) is 5.69 Å². The highest BCUT2D eigenvalue weighted by Gasteiger charge is 2.32. The molecule has 9 nitrogen and oxygen atoms in total. The standard InChI is InChI=1S/C25H24F2N4O5/c1-2-36-24(34)17-4-3-13-29(15-17)22(32)21-23(33)30(14-16-5-7-18(26)8-6-16)25(35)31(28-21)20-11-9-19(27)10-12-20/h5-12,17H,2-4,13-15H2,1H3/t17-/m0/s1.